The van der Waals surface area contributed by atoms with E-state index in [2.05, 4.69) is 25.2 Å². The van der Waals surface area contributed by atoms with E-state index in [1.807, 2.05) is 11.3 Å². The van der Waals surface area contributed by atoms with Gasteiger partial charge in [0.15, 0.2) is 0 Å². The van der Waals surface area contributed by atoms with Gasteiger partial charge in [0, 0.05) is 39.1 Å². The van der Waals surface area contributed by atoms with E-state index >= 15 is 0 Å². The van der Waals surface area contributed by atoms with Crippen molar-refractivity contribution >= 4 is 22.1 Å². The number of aryl methyl sites for hydroxylation is 2. The second-order valence-corrected chi connectivity index (χ2v) is 6.76. The molecule has 0 saturated carbocycles. The highest BCUT2D eigenvalue weighted by atomic mass is 32.2. The SMILES string of the molecule is Cc1cc(CNCCCS(C)=O)c(C)s1. The molecule has 0 amide bonds. The number of hydrogen-bond acceptors (Lipinski definition) is 3. The zero-order valence-corrected chi connectivity index (χ0v) is 11.3. The highest BCUT2D eigenvalue weighted by Gasteiger charge is 2.01. The topological polar surface area (TPSA) is 29.1 Å². The summed E-state index contributed by atoms with van der Waals surface area (Å²) in [4.78, 5) is 2.78. The Hall–Kier alpha value is -0.190. The van der Waals surface area contributed by atoms with Crippen molar-refractivity contribution in [2.75, 3.05) is 18.6 Å². The minimum Gasteiger partial charge on any atom is -0.313 e. The molecule has 1 atom stereocenters. The summed E-state index contributed by atoms with van der Waals surface area (Å²) in [6.07, 6.45) is 2.75. The molecule has 2 nitrogen and oxygen atoms in total. The van der Waals surface area contributed by atoms with Gasteiger partial charge in [-0.25, -0.2) is 0 Å². The van der Waals surface area contributed by atoms with E-state index in [1.54, 1.807) is 6.26 Å². The smallest absolute Gasteiger partial charge is 0.0244 e. The standard InChI is InChI=1S/C11H19NOS2/c1-9-7-11(10(2)14-9)8-12-5-4-6-15(3)13/h7,12H,4-6,8H2,1-3H3. The van der Waals surface area contributed by atoms with Crippen LogP contribution >= 0.6 is 11.3 Å². The Labute approximate surface area is 98.6 Å². The lowest BCUT2D eigenvalue weighted by atomic mass is 10.2. The predicted molar refractivity (Wildman–Crippen MR) is 69.1 cm³/mol. The van der Waals surface area contributed by atoms with Crippen molar-refractivity contribution in [2.24, 2.45) is 0 Å². The summed E-state index contributed by atoms with van der Waals surface area (Å²) in [5.41, 5.74) is 1.40. The van der Waals surface area contributed by atoms with E-state index in [4.69, 9.17) is 0 Å². The monoisotopic (exact) mass is 245 g/mol. The maximum Gasteiger partial charge on any atom is 0.0244 e. The van der Waals surface area contributed by atoms with E-state index in [9.17, 15) is 4.21 Å². The van der Waals surface area contributed by atoms with Crippen molar-refractivity contribution in [3.8, 4) is 0 Å². The van der Waals surface area contributed by atoms with Crippen LogP contribution in [-0.2, 0) is 17.3 Å². The van der Waals surface area contributed by atoms with Crippen molar-refractivity contribution < 1.29 is 4.21 Å². The van der Waals surface area contributed by atoms with Gasteiger partial charge in [-0.05, 0) is 38.4 Å². The van der Waals surface area contributed by atoms with Crippen LogP contribution in [0.15, 0.2) is 6.07 Å². The molecule has 1 N–H and O–H groups in total. The van der Waals surface area contributed by atoms with Crippen LogP contribution in [0, 0.1) is 13.8 Å². The van der Waals surface area contributed by atoms with Gasteiger partial charge < -0.3 is 5.32 Å². The maximum atomic E-state index is 10.8. The third kappa shape index (κ3) is 4.91. The molecule has 1 rings (SSSR count). The van der Waals surface area contributed by atoms with Crippen molar-refractivity contribution in [1.29, 1.82) is 0 Å². The summed E-state index contributed by atoms with van der Waals surface area (Å²) in [6, 6.07) is 2.24. The van der Waals surface area contributed by atoms with Gasteiger partial charge >= 0.3 is 0 Å². The summed E-state index contributed by atoms with van der Waals surface area (Å²) in [5, 5.41) is 3.38. The van der Waals surface area contributed by atoms with E-state index < -0.39 is 10.8 Å². The van der Waals surface area contributed by atoms with Gasteiger partial charge in [0.05, 0.1) is 0 Å². The van der Waals surface area contributed by atoms with Crippen molar-refractivity contribution in [2.45, 2.75) is 26.8 Å². The summed E-state index contributed by atoms with van der Waals surface area (Å²) < 4.78 is 10.8. The molecule has 4 heteroatoms. The van der Waals surface area contributed by atoms with Gasteiger partial charge in [0.1, 0.15) is 0 Å². The zero-order valence-electron chi connectivity index (χ0n) is 9.63. The Morgan fingerprint density at radius 3 is 2.73 bits per heavy atom. The Morgan fingerprint density at radius 2 is 2.20 bits per heavy atom. The zero-order chi connectivity index (χ0) is 11.3. The molecule has 0 aliphatic carbocycles. The molecule has 0 spiro atoms. The lowest BCUT2D eigenvalue weighted by molar-refractivity contribution is 0.662. The molecule has 1 aromatic heterocycles. The largest absolute Gasteiger partial charge is 0.313 e. The minimum absolute atomic E-state index is 0.652. The van der Waals surface area contributed by atoms with E-state index in [0.29, 0.717) is 0 Å². The van der Waals surface area contributed by atoms with Crippen molar-refractivity contribution in [3.05, 3.63) is 21.4 Å². The molecular formula is C11H19NOS2. The van der Waals surface area contributed by atoms with Crippen molar-refractivity contribution in [1.82, 2.24) is 5.32 Å². The van der Waals surface area contributed by atoms with Crippen LogP contribution in [0.25, 0.3) is 0 Å². The van der Waals surface area contributed by atoms with E-state index in [0.717, 1.165) is 25.3 Å². The van der Waals surface area contributed by atoms with Crippen LogP contribution in [0.3, 0.4) is 0 Å². The van der Waals surface area contributed by atoms with Gasteiger partial charge in [-0.15, -0.1) is 11.3 Å². The second-order valence-electron chi connectivity index (χ2n) is 3.75. The summed E-state index contributed by atoms with van der Waals surface area (Å²) in [7, 11) is -0.652. The molecule has 1 heterocycles. The molecule has 0 aromatic carbocycles. The van der Waals surface area contributed by atoms with Gasteiger partial charge in [-0.1, -0.05) is 0 Å². The van der Waals surface area contributed by atoms with Gasteiger partial charge in [-0.2, -0.15) is 0 Å². The lowest BCUT2D eigenvalue weighted by Crippen LogP contribution is -2.16. The van der Waals surface area contributed by atoms with Crippen LogP contribution < -0.4 is 5.32 Å². The first-order valence-electron chi connectivity index (χ1n) is 5.16. The molecule has 0 bridgehead atoms. The molecule has 0 saturated heterocycles. The second kappa shape index (κ2) is 6.40. The lowest BCUT2D eigenvalue weighted by Gasteiger charge is -2.03. The van der Waals surface area contributed by atoms with Gasteiger partial charge in [-0.3, -0.25) is 4.21 Å². The van der Waals surface area contributed by atoms with Crippen LogP contribution in [0.1, 0.15) is 21.7 Å². The normalized spacial score (nSPS) is 13.0. The Bertz CT molecular complexity index is 333. The summed E-state index contributed by atoms with van der Waals surface area (Å²) >= 11 is 1.85. The minimum atomic E-state index is -0.652. The Balaban J connectivity index is 2.20. The first-order valence-corrected chi connectivity index (χ1v) is 7.70. The average Bonchev–Trinajstić information content (AvgIpc) is 2.44. The molecular weight excluding hydrogens is 226 g/mol. The molecule has 1 aromatic rings. The molecule has 86 valence electrons. The number of hydrogen-bond donors (Lipinski definition) is 1. The fourth-order valence-corrected chi connectivity index (χ4v) is 2.98. The summed E-state index contributed by atoms with van der Waals surface area (Å²) in [5.74, 6) is 0.800. The van der Waals surface area contributed by atoms with E-state index in [-0.39, 0.29) is 0 Å². The Kier molecular flexibility index (Phi) is 5.50. The predicted octanol–water partition coefficient (Wildman–Crippen LogP) is 2.22. The Morgan fingerprint density at radius 1 is 1.47 bits per heavy atom. The van der Waals surface area contributed by atoms with Crippen LogP contribution in [0.5, 0.6) is 0 Å². The maximum absolute atomic E-state index is 10.8. The number of nitrogens with one attached hydrogen (secondary N) is 1. The van der Waals surface area contributed by atoms with Gasteiger partial charge in [0.25, 0.3) is 0 Å². The molecule has 0 fully saturated rings. The fourth-order valence-electron chi connectivity index (χ4n) is 1.48. The first-order chi connectivity index (χ1) is 7.09. The average molecular weight is 245 g/mol. The van der Waals surface area contributed by atoms with Crippen LogP contribution in [0.4, 0.5) is 0 Å². The van der Waals surface area contributed by atoms with E-state index in [1.165, 1.54) is 15.3 Å². The molecule has 15 heavy (non-hydrogen) atoms. The molecule has 0 aliphatic heterocycles. The van der Waals surface area contributed by atoms with Crippen molar-refractivity contribution in [3.63, 3.8) is 0 Å². The molecule has 0 aliphatic rings. The highest BCUT2D eigenvalue weighted by Crippen LogP contribution is 2.19. The van der Waals surface area contributed by atoms with Gasteiger partial charge in [0.2, 0.25) is 0 Å². The third-order valence-electron chi connectivity index (χ3n) is 2.24. The molecule has 1 unspecified atom stereocenters. The highest BCUT2D eigenvalue weighted by molar-refractivity contribution is 7.84. The first kappa shape index (κ1) is 12.9. The molecule has 0 radical (unpaired) electrons. The fraction of sp³-hybridized carbons (Fsp3) is 0.636. The third-order valence-corrected chi connectivity index (χ3v) is 4.12. The number of thiophene rings is 1. The number of rotatable bonds is 6. The van der Waals surface area contributed by atoms with Crippen LogP contribution in [0.2, 0.25) is 0 Å². The quantitative estimate of drug-likeness (QED) is 0.779. The van der Waals surface area contributed by atoms with Crippen LogP contribution in [-0.4, -0.2) is 22.8 Å². The summed E-state index contributed by atoms with van der Waals surface area (Å²) in [6.45, 7) is 6.19.